The Hall–Kier alpha value is -3.89. The molecule has 5 heteroatoms. The van der Waals surface area contributed by atoms with E-state index < -0.39 is 5.82 Å². The quantitative estimate of drug-likeness (QED) is 0.245. The van der Waals surface area contributed by atoms with Crippen LogP contribution in [-0.4, -0.2) is 10.5 Å². The van der Waals surface area contributed by atoms with Crippen LogP contribution < -0.4 is 5.32 Å². The van der Waals surface area contributed by atoms with Gasteiger partial charge in [-0.2, -0.15) is 0 Å². The lowest BCUT2D eigenvalue weighted by Gasteiger charge is -2.16. The zero-order valence-electron chi connectivity index (χ0n) is 21.1. The number of carbonyl (C=O) groups is 1. The molecule has 0 aliphatic heterocycles. The van der Waals surface area contributed by atoms with Gasteiger partial charge in [0.2, 0.25) is 0 Å². The fourth-order valence-electron chi connectivity index (χ4n) is 4.82. The summed E-state index contributed by atoms with van der Waals surface area (Å²) in [5, 5.41) is 4.33. The third-order valence-corrected chi connectivity index (χ3v) is 7.41. The van der Waals surface area contributed by atoms with Crippen molar-refractivity contribution in [1.82, 2.24) is 9.88 Å². The zero-order valence-corrected chi connectivity index (χ0v) is 21.8. The molecule has 0 saturated heterocycles. The summed E-state index contributed by atoms with van der Waals surface area (Å²) < 4.78 is 15.7. The van der Waals surface area contributed by atoms with Crippen molar-refractivity contribution in [1.29, 1.82) is 0 Å². The number of aromatic nitrogens is 1. The normalized spacial score (nSPS) is 12.0. The van der Waals surface area contributed by atoms with Crippen LogP contribution in [0.25, 0.3) is 22.0 Å². The lowest BCUT2D eigenvalue weighted by atomic mass is 10.0. The number of benzene rings is 4. The average Bonchev–Trinajstić information content (AvgIpc) is 3.13. The van der Waals surface area contributed by atoms with Gasteiger partial charge in [0.1, 0.15) is 5.82 Å². The van der Waals surface area contributed by atoms with E-state index in [0.29, 0.717) is 16.1 Å². The lowest BCUT2D eigenvalue weighted by molar-refractivity contribution is 0.0940. The highest BCUT2D eigenvalue weighted by atomic mass is 35.5. The Morgan fingerprint density at radius 1 is 0.919 bits per heavy atom. The number of hydrogen-bond acceptors (Lipinski definition) is 1. The Morgan fingerprint density at radius 2 is 1.62 bits per heavy atom. The van der Waals surface area contributed by atoms with E-state index in [1.54, 1.807) is 6.07 Å². The minimum atomic E-state index is -0.403. The summed E-state index contributed by atoms with van der Waals surface area (Å²) in [5.74, 6) is -0.601. The molecule has 5 aromatic rings. The Labute approximate surface area is 221 Å². The van der Waals surface area contributed by atoms with Gasteiger partial charge in [-0.25, -0.2) is 4.39 Å². The maximum atomic E-state index is 13.4. The van der Waals surface area contributed by atoms with Gasteiger partial charge in [-0.05, 0) is 78.9 Å². The number of nitrogens with one attached hydrogen (secondary N) is 1. The molecule has 0 aliphatic carbocycles. The molecular formula is C32H28ClFN2O. The van der Waals surface area contributed by atoms with Crippen molar-refractivity contribution in [2.24, 2.45) is 0 Å². The van der Waals surface area contributed by atoms with E-state index in [0.717, 1.165) is 23.0 Å². The van der Waals surface area contributed by atoms with Crippen LogP contribution in [0.1, 0.15) is 45.7 Å². The first-order valence-corrected chi connectivity index (χ1v) is 12.7. The van der Waals surface area contributed by atoms with Crippen molar-refractivity contribution in [3.63, 3.8) is 0 Å². The summed E-state index contributed by atoms with van der Waals surface area (Å²) in [6.07, 6.45) is 0. The highest BCUT2D eigenvalue weighted by molar-refractivity contribution is 6.31. The van der Waals surface area contributed by atoms with Crippen LogP contribution >= 0.6 is 11.6 Å². The monoisotopic (exact) mass is 510 g/mol. The van der Waals surface area contributed by atoms with Crippen LogP contribution in [0.15, 0.2) is 91.0 Å². The van der Waals surface area contributed by atoms with Crippen LogP contribution in [-0.2, 0) is 6.54 Å². The lowest BCUT2D eigenvalue weighted by Crippen LogP contribution is -2.26. The number of aryl methyl sites for hydroxylation is 1. The third-order valence-electron chi connectivity index (χ3n) is 7.08. The van der Waals surface area contributed by atoms with Crippen LogP contribution in [0.2, 0.25) is 5.02 Å². The molecule has 0 fully saturated rings. The Kier molecular flexibility index (Phi) is 6.86. The number of fused-ring (bicyclic) bond motifs is 1. The predicted octanol–water partition coefficient (Wildman–Crippen LogP) is 8.26. The van der Waals surface area contributed by atoms with Gasteiger partial charge in [-0.3, -0.25) is 4.79 Å². The first-order valence-electron chi connectivity index (χ1n) is 12.3. The summed E-state index contributed by atoms with van der Waals surface area (Å²) in [4.78, 5) is 13.1. The number of carbonyl (C=O) groups excluding carboxylic acids is 1. The number of nitrogens with zero attached hydrogens (tertiary/aromatic N) is 1. The van der Waals surface area contributed by atoms with Crippen LogP contribution in [0.4, 0.5) is 4.39 Å². The molecule has 0 saturated carbocycles. The van der Waals surface area contributed by atoms with Crippen LogP contribution in [0, 0.1) is 19.7 Å². The number of hydrogen-bond donors (Lipinski definition) is 1. The molecule has 1 aromatic heterocycles. The van der Waals surface area contributed by atoms with Gasteiger partial charge in [-0.15, -0.1) is 0 Å². The van der Waals surface area contributed by atoms with Gasteiger partial charge < -0.3 is 9.88 Å². The number of amides is 1. The van der Waals surface area contributed by atoms with Crippen molar-refractivity contribution in [3.05, 3.63) is 130 Å². The van der Waals surface area contributed by atoms with Gasteiger partial charge in [0.05, 0.1) is 6.04 Å². The largest absolute Gasteiger partial charge is 0.345 e. The summed E-state index contributed by atoms with van der Waals surface area (Å²) in [5.41, 5.74) is 8.28. The smallest absolute Gasteiger partial charge is 0.251 e. The topological polar surface area (TPSA) is 34.0 Å². The molecule has 0 radical (unpaired) electrons. The summed E-state index contributed by atoms with van der Waals surface area (Å²) >= 11 is 6.19. The first kappa shape index (κ1) is 24.8. The van der Waals surface area contributed by atoms with Crippen molar-refractivity contribution < 1.29 is 9.18 Å². The minimum absolute atomic E-state index is 0.198. The molecule has 1 amide bonds. The van der Waals surface area contributed by atoms with Crippen LogP contribution in [0.5, 0.6) is 0 Å². The number of halogens is 2. The molecule has 1 heterocycles. The van der Waals surface area contributed by atoms with Gasteiger partial charge in [-0.1, -0.05) is 72.3 Å². The van der Waals surface area contributed by atoms with Crippen molar-refractivity contribution >= 4 is 28.4 Å². The summed E-state index contributed by atoms with van der Waals surface area (Å²) in [7, 11) is 0. The van der Waals surface area contributed by atoms with Crippen molar-refractivity contribution in [2.45, 2.75) is 33.4 Å². The SMILES string of the molecule is Cc1c(C)n(Cc2ccc(-c3ccccc3)cc2)c2ccc(C(=O)N[C@H](C)c3ccc(F)cc3Cl)cc12. The van der Waals surface area contributed by atoms with Gasteiger partial charge in [0, 0.05) is 33.7 Å². The second-order valence-corrected chi connectivity index (χ2v) is 9.86. The molecule has 0 unspecified atom stereocenters. The van der Waals surface area contributed by atoms with E-state index in [9.17, 15) is 9.18 Å². The first-order chi connectivity index (χ1) is 17.8. The highest BCUT2D eigenvalue weighted by Crippen LogP contribution is 2.29. The molecule has 4 aromatic carbocycles. The molecular weight excluding hydrogens is 483 g/mol. The van der Waals surface area contributed by atoms with Gasteiger partial charge in [0.25, 0.3) is 5.91 Å². The van der Waals surface area contributed by atoms with Gasteiger partial charge in [0.15, 0.2) is 0 Å². The average molecular weight is 511 g/mol. The molecule has 37 heavy (non-hydrogen) atoms. The summed E-state index contributed by atoms with van der Waals surface area (Å²) in [6.45, 7) is 6.79. The summed E-state index contributed by atoms with van der Waals surface area (Å²) in [6, 6.07) is 28.7. The van der Waals surface area contributed by atoms with Crippen molar-refractivity contribution in [2.75, 3.05) is 0 Å². The number of rotatable bonds is 6. The van der Waals surface area contributed by atoms with E-state index >= 15 is 0 Å². The Morgan fingerprint density at radius 3 is 2.32 bits per heavy atom. The third kappa shape index (κ3) is 5.03. The molecule has 0 aliphatic rings. The zero-order chi connectivity index (χ0) is 26.1. The van der Waals surface area contributed by atoms with E-state index in [2.05, 4.69) is 72.3 Å². The Bertz CT molecular complexity index is 1590. The fourth-order valence-corrected chi connectivity index (χ4v) is 5.15. The Balaban J connectivity index is 1.38. The van der Waals surface area contributed by atoms with E-state index in [-0.39, 0.29) is 11.9 Å². The van der Waals surface area contributed by atoms with E-state index in [1.807, 2.05) is 31.2 Å². The standard InChI is InChI=1S/C32H28ClFN2O/c1-20-22(3)36(19-23-9-11-25(12-10-23)24-7-5-4-6-8-24)31-16-13-26(17-29(20)31)32(37)35-21(2)28-15-14-27(34)18-30(28)33/h4-18,21H,19H2,1-3H3,(H,35,37)/t21-/m1/s1. The highest BCUT2D eigenvalue weighted by Gasteiger charge is 2.17. The maximum Gasteiger partial charge on any atom is 0.251 e. The molecule has 1 atom stereocenters. The molecule has 1 N–H and O–H groups in total. The predicted molar refractivity (Wildman–Crippen MR) is 150 cm³/mol. The minimum Gasteiger partial charge on any atom is -0.345 e. The molecule has 0 bridgehead atoms. The van der Waals surface area contributed by atoms with Gasteiger partial charge >= 0.3 is 0 Å². The second-order valence-electron chi connectivity index (χ2n) is 9.45. The van der Waals surface area contributed by atoms with Crippen LogP contribution in [0.3, 0.4) is 0 Å². The molecule has 186 valence electrons. The molecule has 5 rings (SSSR count). The molecule has 3 nitrogen and oxygen atoms in total. The van der Waals surface area contributed by atoms with Crippen molar-refractivity contribution in [3.8, 4) is 11.1 Å². The van der Waals surface area contributed by atoms with E-state index in [1.165, 1.54) is 34.5 Å². The second kappa shape index (κ2) is 10.2. The van der Waals surface area contributed by atoms with E-state index in [4.69, 9.17) is 11.6 Å². The molecule has 0 spiro atoms. The fraction of sp³-hybridized carbons (Fsp3) is 0.156. The maximum absolute atomic E-state index is 13.4.